The highest BCUT2D eigenvalue weighted by Crippen LogP contribution is 2.32. The minimum atomic E-state index is -0.181. The van der Waals surface area contributed by atoms with E-state index >= 15 is 0 Å². The monoisotopic (exact) mass is 504 g/mol. The normalized spacial score (nSPS) is 14.5. The van der Waals surface area contributed by atoms with Crippen LogP contribution in [0.25, 0.3) is 6.08 Å². The molecule has 0 aromatic heterocycles. The largest absolute Gasteiger partial charge is 0.490 e. The summed E-state index contributed by atoms with van der Waals surface area (Å²) in [5, 5.41) is 0. The highest BCUT2D eigenvalue weighted by molar-refractivity contribution is 9.10. The van der Waals surface area contributed by atoms with Crippen LogP contribution in [0.15, 0.2) is 81.9 Å². The Morgan fingerprint density at radius 2 is 1.58 bits per heavy atom. The van der Waals surface area contributed by atoms with Gasteiger partial charge in [-0.05, 0) is 68.8 Å². The molecule has 3 aromatic carbocycles. The average molecular weight is 505 g/mol. The molecule has 33 heavy (non-hydrogen) atoms. The molecule has 1 aliphatic rings. The van der Waals surface area contributed by atoms with Gasteiger partial charge < -0.3 is 9.47 Å². The first kappa shape index (κ1) is 22.8. The van der Waals surface area contributed by atoms with Gasteiger partial charge in [0.25, 0.3) is 5.91 Å². The molecule has 1 aliphatic heterocycles. The van der Waals surface area contributed by atoms with Crippen molar-refractivity contribution in [2.24, 2.45) is 4.99 Å². The van der Waals surface area contributed by atoms with Crippen LogP contribution < -0.4 is 14.4 Å². The minimum Gasteiger partial charge on any atom is -0.490 e. The van der Waals surface area contributed by atoms with E-state index in [0.717, 1.165) is 26.9 Å². The van der Waals surface area contributed by atoms with Crippen LogP contribution in [-0.4, -0.2) is 25.0 Å². The van der Waals surface area contributed by atoms with Crippen LogP contribution in [0.4, 0.5) is 5.69 Å². The molecule has 0 radical (unpaired) electrons. The van der Waals surface area contributed by atoms with Gasteiger partial charge in [0.1, 0.15) is 11.5 Å². The molecular formula is C27H25BrN2O3. The number of ether oxygens (including phenoxy) is 2. The number of amidine groups is 1. The molecule has 0 atom stereocenters. The van der Waals surface area contributed by atoms with Gasteiger partial charge >= 0.3 is 0 Å². The summed E-state index contributed by atoms with van der Waals surface area (Å²) in [6, 6.07) is 21.3. The summed E-state index contributed by atoms with van der Waals surface area (Å²) in [6.45, 7) is 6.96. The number of aliphatic imine (C=N–C) groups is 1. The summed E-state index contributed by atoms with van der Waals surface area (Å²) in [5.41, 5.74) is 3.96. The Bertz CT molecular complexity index is 1220. The summed E-state index contributed by atoms with van der Waals surface area (Å²) in [5.74, 6) is 1.75. The molecule has 0 spiro atoms. The van der Waals surface area contributed by atoms with Crippen molar-refractivity contribution in [3.8, 4) is 11.5 Å². The standard InChI is InChI=1S/C27H25BrN2O3/c1-4-32-24-15-8-19(17-25(24)33-5-2)16-23-27(31)30(22-13-11-21(28)12-14-22)26(29-23)20-9-6-18(3)7-10-20/h6-17H,4-5H2,1-3H3/b23-16-. The van der Waals surface area contributed by atoms with Crippen molar-refractivity contribution in [2.75, 3.05) is 18.1 Å². The number of carbonyl (C=O) groups is 1. The Labute approximate surface area is 202 Å². The molecule has 1 heterocycles. The molecular weight excluding hydrogens is 480 g/mol. The number of anilines is 1. The molecule has 0 bridgehead atoms. The number of halogens is 1. The number of benzene rings is 3. The lowest BCUT2D eigenvalue weighted by Gasteiger charge is -2.18. The first-order valence-corrected chi connectivity index (χ1v) is 11.7. The predicted octanol–water partition coefficient (Wildman–Crippen LogP) is 6.39. The SMILES string of the molecule is CCOc1ccc(/C=C2\N=C(c3ccc(C)cc3)N(c3ccc(Br)cc3)C2=O)cc1OCC. The molecule has 0 saturated carbocycles. The van der Waals surface area contributed by atoms with E-state index in [4.69, 9.17) is 14.5 Å². The number of rotatable bonds is 7. The van der Waals surface area contributed by atoms with Crippen molar-refractivity contribution < 1.29 is 14.3 Å². The number of hydrogen-bond acceptors (Lipinski definition) is 4. The van der Waals surface area contributed by atoms with E-state index in [1.165, 1.54) is 0 Å². The van der Waals surface area contributed by atoms with E-state index in [-0.39, 0.29) is 5.91 Å². The number of nitrogens with zero attached hydrogens (tertiary/aromatic N) is 2. The van der Waals surface area contributed by atoms with Gasteiger partial charge in [-0.25, -0.2) is 4.99 Å². The van der Waals surface area contributed by atoms with Gasteiger partial charge in [0.15, 0.2) is 11.5 Å². The summed E-state index contributed by atoms with van der Waals surface area (Å²) in [6.07, 6.45) is 1.79. The maximum absolute atomic E-state index is 13.5. The summed E-state index contributed by atoms with van der Waals surface area (Å²) < 4.78 is 12.3. The Hall–Kier alpha value is -3.38. The molecule has 4 rings (SSSR count). The predicted molar refractivity (Wildman–Crippen MR) is 136 cm³/mol. The quantitative estimate of drug-likeness (QED) is 0.350. The lowest BCUT2D eigenvalue weighted by atomic mass is 10.1. The van der Waals surface area contributed by atoms with Gasteiger partial charge in [-0.3, -0.25) is 9.69 Å². The Balaban J connectivity index is 1.77. The summed E-state index contributed by atoms with van der Waals surface area (Å²) in [4.78, 5) is 19.9. The molecule has 0 N–H and O–H groups in total. The highest BCUT2D eigenvalue weighted by atomic mass is 79.9. The van der Waals surface area contributed by atoms with Gasteiger partial charge in [-0.2, -0.15) is 0 Å². The molecule has 3 aromatic rings. The second-order valence-electron chi connectivity index (χ2n) is 7.52. The Kier molecular flexibility index (Phi) is 6.94. The van der Waals surface area contributed by atoms with Gasteiger partial charge in [0.05, 0.1) is 18.9 Å². The van der Waals surface area contributed by atoms with Gasteiger partial charge in [0.2, 0.25) is 0 Å². The van der Waals surface area contributed by atoms with E-state index in [1.54, 1.807) is 11.0 Å². The van der Waals surface area contributed by atoms with Crippen LogP contribution in [0.2, 0.25) is 0 Å². The van der Waals surface area contributed by atoms with Crippen LogP contribution in [-0.2, 0) is 4.79 Å². The fraction of sp³-hybridized carbons (Fsp3) is 0.185. The van der Waals surface area contributed by atoms with Gasteiger partial charge in [0, 0.05) is 10.0 Å². The van der Waals surface area contributed by atoms with Crippen LogP contribution >= 0.6 is 15.9 Å². The fourth-order valence-electron chi connectivity index (χ4n) is 3.56. The van der Waals surface area contributed by atoms with Crippen molar-refractivity contribution in [1.82, 2.24) is 0 Å². The molecule has 0 fully saturated rings. The molecule has 6 heteroatoms. The minimum absolute atomic E-state index is 0.181. The van der Waals surface area contributed by atoms with E-state index in [0.29, 0.717) is 36.2 Å². The first-order valence-electron chi connectivity index (χ1n) is 10.9. The zero-order chi connectivity index (χ0) is 23.4. The Morgan fingerprint density at radius 3 is 2.24 bits per heavy atom. The molecule has 168 valence electrons. The first-order chi connectivity index (χ1) is 16.0. The number of aryl methyl sites for hydroxylation is 1. The zero-order valence-corrected chi connectivity index (χ0v) is 20.4. The lowest BCUT2D eigenvalue weighted by molar-refractivity contribution is -0.113. The van der Waals surface area contributed by atoms with Crippen molar-refractivity contribution in [3.63, 3.8) is 0 Å². The van der Waals surface area contributed by atoms with Crippen molar-refractivity contribution >= 4 is 39.4 Å². The third-order valence-electron chi connectivity index (χ3n) is 5.13. The van der Waals surface area contributed by atoms with Crippen LogP contribution in [0.3, 0.4) is 0 Å². The average Bonchev–Trinajstić information content (AvgIpc) is 3.13. The molecule has 0 unspecified atom stereocenters. The second-order valence-corrected chi connectivity index (χ2v) is 8.44. The Morgan fingerprint density at radius 1 is 0.909 bits per heavy atom. The van der Waals surface area contributed by atoms with E-state index < -0.39 is 0 Å². The van der Waals surface area contributed by atoms with Gasteiger partial charge in [-0.15, -0.1) is 0 Å². The van der Waals surface area contributed by atoms with Crippen LogP contribution in [0.1, 0.15) is 30.5 Å². The second kappa shape index (κ2) is 10.0. The topological polar surface area (TPSA) is 51.1 Å². The summed E-state index contributed by atoms with van der Waals surface area (Å²) >= 11 is 3.46. The van der Waals surface area contributed by atoms with E-state index in [2.05, 4.69) is 15.9 Å². The van der Waals surface area contributed by atoms with Crippen LogP contribution in [0.5, 0.6) is 11.5 Å². The lowest BCUT2D eigenvalue weighted by Crippen LogP contribution is -2.32. The highest BCUT2D eigenvalue weighted by Gasteiger charge is 2.32. The third-order valence-corrected chi connectivity index (χ3v) is 5.65. The number of amides is 1. The van der Waals surface area contributed by atoms with E-state index in [9.17, 15) is 4.79 Å². The molecule has 1 amide bonds. The molecule has 0 aliphatic carbocycles. The van der Waals surface area contributed by atoms with Crippen LogP contribution in [0, 0.1) is 6.92 Å². The van der Waals surface area contributed by atoms with Crippen molar-refractivity contribution in [1.29, 1.82) is 0 Å². The zero-order valence-electron chi connectivity index (χ0n) is 18.8. The summed E-state index contributed by atoms with van der Waals surface area (Å²) in [7, 11) is 0. The number of carbonyl (C=O) groups excluding carboxylic acids is 1. The third kappa shape index (κ3) is 5.01. The maximum Gasteiger partial charge on any atom is 0.282 e. The molecule has 0 saturated heterocycles. The van der Waals surface area contributed by atoms with Crippen molar-refractivity contribution in [2.45, 2.75) is 20.8 Å². The van der Waals surface area contributed by atoms with E-state index in [1.807, 2.05) is 87.5 Å². The fourth-order valence-corrected chi connectivity index (χ4v) is 3.82. The number of hydrogen-bond donors (Lipinski definition) is 0. The smallest absolute Gasteiger partial charge is 0.282 e. The van der Waals surface area contributed by atoms with Gasteiger partial charge in [-0.1, -0.05) is 51.8 Å². The van der Waals surface area contributed by atoms with Crippen molar-refractivity contribution in [3.05, 3.63) is 93.6 Å². The maximum atomic E-state index is 13.5. The molecule has 5 nitrogen and oxygen atoms in total.